The lowest BCUT2D eigenvalue weighted by atomic mass is 9.98. The van der Waals surface area contributed by atoms with Gasteiger partial charge < -0.3 is 15.4 Å². The van der Waals surface area contributed by atoms with E-state index in [9.17, 15) is 4.79 Å². The van der Waals surface area contributed by atoms with E-state index in [-0.39, 0.29) is 5.91 Å². The van der Waals surface area contributed by atoms with Gasteiger partial charge in [0.2, 0.25) is 5.91 Å². The van der Waals surface area contributed by atoms with Gasteiger partial charge in [-0.05, 0) is 44.2 Å². The smallest absolute Gasteiger partial charge is 0.234 e. The molecule has 1 rings (SSSR count). The van der Waals surface area contributed by atoms with E-state index in [0.717, 1.165) is 45.8 Å². The second kappa shape index (κ2) is 11.0. The summed E-state index contributed by atoms with van der Waals surface area (Å²) in [5.74, 6) is 1.46. The number of piperidine rings is 1. The molecule has 1 atom stereocenters. The van der Waals surface area contributed by atoms with Crippen molar-refractivity contribution in [3.05, 3.63) is 0 Å². The fraction of sp³-hybridized carbons (Fsp3) is 0.938. The van der Waals surface area contributed by atoms with E-state index >= 15 is 0 Å². The van der Waals surface area contributed by atoms with Crippen molar-refractivity contribution in [3.8, 4) is 0 Å². The van der Waals surface area contributed by atoms with Crippen molar-refractivity contribution in [3.63, 3.8) is 0 Å². The number of carbonyl (C=O) groups excluding carboxylic acids is 1. The first kappa shape index (κ1) is 18.4. The lowest BCUT2D eigenvalue weighted by Gasteiger charge is -2.32. The fourth-order valence-electron chi connectivity index (χ4n) is 2.70. The number of amides is 1. The molecule has 1 aliphatic heterocycles. The zero-order chi connectivity index (χ0) is 15.5. The number of likely N-dealkylation sites (tertiary alicyclic amines) is 1. The number of methoxy groups -OCH3 is 1. The Morgan fingerprint density at radius 1 is 1.38 bits per heavy atom. The normalized spacial score (nSPS) is 19.9. The van der Waals surface area contributed by atoms with E-state index in [1.54, 1.807) is 7.11 Å². The second-order valence-corrected chi connectivity index (χ2v) is 6.47. The SMILES string of the molecule is COCCNCC1CCCN(CC(=O)NCCC(C)C)C1. The van der Waals surface area contributed by atoms with Crippen LogP contribution in [-0.4, -0.2) is 63.8 Å². The molecule has 124 valence electrons. The Balaban J connectivity index is 2.15. The van der Waals surface area contributed by atoms with Crippen LogP contribution < -0.4 is 10.6 Å². The number of rotatable bonds is 10. The number of hydrogen-bond donors (Lipinski definition) is 2. The summed E-state index contributed by atoms with van der Waals surface area (Å²) >= 11 is 0. The van der Waals surface area contributed by atoms with Gasteiger partial charge in [0.1, 0.15) is 0 Å². The first-order valence-corrected chi connectivity index (χ1v) is 8.30. The summed E-state index contributed by atoms with van der Waals surface area (Å²) in [6.07, 6.45) is 3.50. The summed E-state index contributed by atoms with van der Waals surface area (Å²) in [6.45, 7) is 10.5. The van der Waals surface area contributed by atoms with Crippen LogP contribution in [-0.2, 0) is 9.53 Å². The van der Waals surface area contributed by atoms with E-state index in [1.807, 2.05) is 0 Å². The largest absolute Gasteiger partial charge is 0.383 e. The molecule has 0 spiro atoms. The van der Waals surface area contributed by atoms with Crippen molar-refractivity contribution in [1.29, 1.82) is 0 Å². The van der Waals surface area contributed by atoms with Gasteiger partial charge in [-0.2, -0.15) is 0 Å². The molecule has 2 N–H and O–H groups in total. The summed E-state index contributed by atoms with van der Waals surface area (Å²) in [5, 5.41) is 6.45. The summed E-state index contributed by atoms with van der Waals surface area (Å²) in [5.41, 5.74) is 0. The van der Waals surface area contributed by atoms with Gasteiger partial charge in [0.25, 0.3) is 0 Å². The number of ether oxygens (including phenoxy) is 1. The van der Waals surface area contributed by atoms with Crippen LogP contribution in [0.3, 0.4) is 0 Å². The van der Waals surface area contributed by atoms with Crippen LogP contribution in [0.5, 0.6) is 0 Å². The fourth-order valence-corrected chi connectivity index (χ4v) is 2.70. The molecule has 0 aromatic carbocycles. The Labute approximate surface area is 129 Å². The van der Waals surface area contributed by atoms with Crippen LogP contribution >= 0.6 is 0 Å². The van der Waals surface area contributed by atoms with Crippen molar-refractivity contribution in [2.45, 2.75) is 33.1 Å². The molecule has 1 aliphatic rings. The lowest BCUT2D eigenvalue weighted by Crippen LogP contribution is -2.45. The number of nitrogens with zero attached hydrogens (tertiary/aromatic N) is 1. The van der Waals surface area contributed by atoms with E-state index in [4.69, 9.17) is 4.74 Å². The molecule has 0 aromatic heterocycles. The quantitative estimate of drug-likeness (QED) is 0.593. The predicted octanol–water partition coefficient (Wildman–Crippen LogP) is 1.10. The van der Waals surface area contributed by atoms with Gasteiger partial charge in [0.05, 0.1) is 13.2 Å². The molecule has 5 nitrogen and oxygen atoms in total. The molecule has 1 unspecified atom stereocenters. The maximum atomic E-state index is 11.9. The Bertz CT molecular complexity index is 285. The Morgan fingerprint density at radius 3 is 2.90 bits per heavy atom. The summed E-state index contributed by atoms with van der Waals surface area (Å²) in [4.78, 5) is 14.2. The van der Waals surface area contributed by atoms with E-state index in [2.05, 4.69) is 29.4 Å². The first-order valence-electron chi connectivity index (χ1n) is 8.30. The third-order valence-electron chi connectivity index (χ3n) is 3.93. The topological polar surface area (TPSA) is 53.6 Å². The van der Waals surface area contributed by atoms with E-state index < -0.39 is 0 Å². The monoisotopic (exact) mass is 299 g/mol. The molecule has 1 heterocycles. The highest BCUT2D eigenvalue weighted by Crippen LogP contribution is 2.15. The summed E-state index contributed by atoms with van der Waals surface area (Å²) in [7, 11) is 1.72. The first-order chi connectivity index (χ1) is 10.1. The maximum absolute atomic E-state index is 11.9. The van der Waals surface area contributed by atoms with Crippen molar-refractivity contribution >= 4 is 5.91 Å². The number of nitrogens with one attached hydrogen (secondary N) is 2. The zero-order valence-corrected chi connectivity index (χ0v) is 14.0. The molecule has 0 saturated carbocycles. The maximum Gasteiger partial charge on any atom is 0.234 e. The van der Waals surface area contributed by atoms with Crippen molar-refractivity contribution < 1.29 is 9.53 Å². The number of carbonyl (C=O) groups is 1. The Hall–Kier alpha value is -0.650. The molecular weight excluding hydrogens is 266 g/mol. The summed E-state index contributed by atoms with van der Waals surface area (Å²) < 4.78 is 5.03. The predicted molar refractivity (Wildman–Crippen MR) is 86.4 cm³/mol. The molecule has 0 aromatic rings. The molecular formula is C16H33N3O2. The highest BCUT2D eigenvalue weighted by Gasteiger charge is 2.21. The molecule has 1 fully saturated rings. The van der Waals surface area contributed by atoms with Gasteiger partial charge >= 0.3 is 0 Å². The van der Waals surface area contributed by atoms with E-state index in [1.165, 1.54) is 12.8 Å². The molecule has 1 amide bonds. The van der Waals surface area contributed by atoms with Gasteiger partial charge in [0.15, 0.2) is 0 Å². The van der Waals surface area contributed by atoms with E-state index in [0.29, 0.717) is 18.4 Å². The van der Waals surface area contributed by atoms with Crippen LogP contribution in [0.2, 0.25) is 0 Å². The Kier molecular flexibility index (Phi) is 9.63. The van der Waals surface area contributed by atoms with Crippen molar-refractivity contribution in [1.82, 2.24) is 15.5 Å². The molecule has 0 bridgehead atoms. The average molecular weight is 299 g/mol. The van der Waals surface area contributed by atoms with Crippen LogP contribution in [0.1, 0.15) is 33.1 Å². The zero-order valence-electron chi connectivity index (χ0n) is 14.0. The molecule has 0 aliphatic carbocycles. The minimum Gasteiger partial charge on any atom is -0.383 e. The second-order valence-electron chi connectivity index (χ2n) is 6.47. The minimum absolute atomic E-state index is 0.170. The molecule has 21 heavy (non-hydrogen) atoms. The molecule has 1 saturated heterocycles. The van der Waals surface area contributed by atoms with Gasteiger partial charge in [-0.25, -0.2) is 0 Å². The third-order valence-corrected chi connectivity index (χ3v) is 3.93. The average Bonchev–Trinajstić information content (AvgIpc) is 2.43. The van der Waals surface area contributed by atoms with Crippen molar-refractivity contribution in [2.75, 3.05) is 53.0 Å². The summed E-state index contributed by atoms with van der Waals surface area (Å²) in [6, 6.07) is 0. The lowest BCUT2D eigenvalue weighted by molar-refractivity contribution is -0.122. The van der Waals surface area contributed by atoms with Gasteiger partial charge in [0, 0.05) is 26.7 Å². The van der Waals surface area contributed by atoms with Gasteiger partial charge in [-0.1, -0.05) is 13.8 Å². The number of hydrogen-bond acceptors (Lipinski definition) is 4. The van der Waals surface area contributed by atoms with Crippen LogP contribution in [0.15, 0.2) is 0 Å². The van der Waals surface area contributed by atoms with Crippen LogP contribution in [0.4, 0.5) is 0 Å². The van der Waals surface area contributed by atoms with Gasteiger partial charge in [-0.15, -0.1) is 0 Å². The highest BCUT2D eigenvalue weighted by molar-refractivity contribution is 5.77. The molecule has 0 radical (unpaired) electrons. The minimum atomic E-state index is 0.170. The third kappa shape index (κ3) is 9.06. The van der Waals surface area contributed by atoms with Crippen LogP contribution in [0, 0.1) is 11.8 Å². The highest BCUT2D eigenvalue weighted by atomic mass is 16.5. The van der Waals surface area contributed by atoms with Crippen molar-refractivity contribution in [2.24, 2.45) is 11.8 Å². The molecule has 5 heteroatoms. The van der Waals surface area contributed by atoms with Crippen LogP contribution in [0.25, 0.3) is 0 Å². The Morgan fingerprint density at radius 2 is 2.19 bits per heavy atom. The van der Waals surface area contributed by atoms with Gasteiger partial charge in [-0.3, -0.25) is 9.69 Å². The standard InChI is InChI=1S/C16H33N3O2/c1-14(2)6-7-18-16(20)13-19-9-4-5-15(12-19)11-17-8-10-21-3/h14-15,17H,4-13H2,1-3H3,(H,18,20).